The topological polar surface area (TPSA) is 97.4 Å². The number of nitrogens with zero attached hydrogens (tertiary/aromatic N) is 2. The predicted octanol–water partition coefficient (Wildman–Crippen LogP) is 1.88. The van der Waals surface area contributed by atoms with Gasteiger partial charge in [0.15, 0.2) is 0 Å². The van der Waals surface area contributed by atoms with Gasteiger partial charge in [0.2, 0.25) is 0 Å². The van der Waals surface area contributed by atoms with Gasteiger partial charge in [-0.25, -0.2) is 4.68 Å². The summed E-state index contributed by atoms with van der Waals surface area (Å²) in [4.78, 5) is 24.0. The summed E-state index contributed by atoms with van der Waals surface area (Å²) in [6.45, 7) is 4.30. The van der Waals surface area contributed by atoms with Gasteiger partial charge in [0.1, 0.15) is 17.6 Å². The summed E-state index contributed by atoms with van der Waals surface area (Å²) < 4.78 is 6.45. The Morgan fingerprint density at radius 3 is 2.88 bits per heavy atom. The number of carbonyl (C=O) groups excluding carboxylic acids is 1. The highest BCUT2D eigenvalue weighted by atomic mass is 16.4. The van der Waals surface area contributed by atoms with Gasteiger partial charge >= 0.3 is 0 Å². The normalized spacial score (nSPS) is 13.5. The van der Waals surface area contributed by atoms with Crippen molar-refractivity contribution in [2.24, 2.45) is 0 Å². The highest BCUT2D eigenvalue weighted by molar-refractivity contribution is 5.92. The first-order valence-corrected chi connectivity index (χ1v) is 8.11. The highest BCUT2D eigenvalue weighted by Crippen LogP contribution is 2.18. The first kappa shape index (κ1) is 17.9. The minimum atomic E-state index is -0.790. The number of furan rings is 1. The molecule has 7 nitrogen and oxygen atoms in total. The number of hydrogen-bond donors (Lipinski definition) is 2. The van der Waals surface area contributed by atoms with Gasteiger partial charge in [-0.05, 0) is 31.5 Å². The van der Waals surface area contributed by atoms with Crippen LogP contribution in [-0.2, 0) is 6.54 Å². The van der Waals surface area contributed by atoms with Gasteiger partial charge in [-0.2, -0.15) is 5.10 Å². The Bertz CT molecular complexity index is 709. The monoisotopic (exact) mass is 333 g/mol. The Morgan fingerprint density at radius 2 is 2.21 bits per heavy atom. The molecule has 0 aliphatic heterocycles. The number of aliphatic hydroxyl groups is 1. The Kier molecular flexibility index (Phi) is 6.31. The van der Waals surface area contributed by atoms with E-state index < -0.39 is 6.10 Å². The van der Waals surface area contributed by atoms with E-state index in [1.807, 2.05) is 6.92 Å². The average Bonchev–Trinajstić information content (AvgIpc) is 3.08. The van der Waals surface area contributed by atoms with E-state index in [1.165, 1.54) is 23.1 Å². The van der Waals surface area contributed by atoms with Crippen molar-refractivity contribution in [3.8, 4) is 0 Å². The molecule has 24 heavy (non-hydrogen) atoms. The predicted molar refractivity (Wildman–Crippen MR) is 88.6 cm³/mol. The summed E-state index contributed by atoms with van der Waals surface area (Å²) in [6, 6.07) is 5.86. The van der Waals surface area contributed by atoms with Crippen molar-refractivity contribution in [2.75, 3.05) is 0 Å². The molecular weight excluding hydrogens is 310 g/mol. The van der Waals surface area contributed by atoms with E-state index in [0.29, 0.717) is 18.7 Å². The van der Waals surface area contributed by atoms with Crippen molar-refractivity contribution >= 4 is 5.91 Å². The third kappa shape index (κ3) is 4.79. The second kappa shape index (κ2) is 8.44. The number of hydrogen-bond acceptors (Lipinski definition) is 5. The number of aryl methyl sites for hydroxylation is 1. The second-order valence-electron chi connectivity index (χ2n) is 5.77. The Morgan fingerprint density at radius 1 is 1.42 bits per heavy atom. The quantitative estimate of drug-likeness (QED) is 0.769. The van der Waals surface area contributed by atoms with Crippen molar-refractivity contribution in [1.82, 2.24) is 15.1 Å². The van der Waals surface area contributed by atoms with Crippen LogP contribution in [0, 0.1) is 0 Å². The maximum absolute atomic E-state index is 12.3. The lowest BCUT2D eigenvalue weighted by Crippen LogP contribution is -2.36. The van der Waals surface area contributed by atoms with Gasteiger partial charge in [-0.3, -0.25) is 9.59 Å². The molecule has 0 aliphatic carbocycles. The largest absolute Gasteiger partial charge is 0.467 e. The van der Waals surface area contributed by atoms with E-state index in [2.05, 4.69) is 10.4 Å². The lowest BCUT2D eigenvalue weighted by molar-refractivity contribution is 0.0895. The van der Waals surface area contributed by atoms with Crippen molar-refractivity contribution in [1.29, 1.82) is 0 Å². The summed E-state index contributed by atoms with van der Waals surface area (Å²) in [5, 5.41) is 16.9. The molecule has 1 amide bonds. The molecule has 0 fully saturated rings. The van der Waals surface area contributed by atoms with Crippen LogP contribution in [-0.4, -0.2) is 26.8 Å². The minimum Gasteiger partial charge on any atom is -0.467 e. The zero-order valence-electron chi connectivity index (χ0n) is 13.9. The van der Waals surface area contributed by atoms with Gasteiger partial charge in [0.05, 0.1) is 6.26 Å². The molecule has 0 saturated heterocycles. The van der Waals surface area contributed by atoms with Crippen LogP contribution in [0.2, 0.25) is 0 Å². The van der Waals surface area contributed by atoms with E-state index in [4.69, 9.17) is 4.42 Å². The first-order valence-electron chi connectivity index (χ1n) is 8.11. The van der Waals surface area contributed by atoms with Crippen molar-refractivity contribution < 1.29 is 14.3 Å². The van der Waals surface area contributed by atoms with Gasteiger partial charge in [0, 0.05) is 25.1 Å². The molecule has 0 aromatic carbocycles. The van der Waals surface area contributed by atoms with Crippen LogP contribution in [0.3, 0.4) is 0 Å². The maximum Gasteiger partial charge on any atom is 0.271 e. The van der Waals surface area contributed by atoms with Crippen LogP contribution in [0.25, 0.3) is 0 Å². The number of aliphatic hydroxyl groups excluding tert-OH is 1. The molecule has 0 aliphatic rings. The summed E-state index contributed by atoms with van der Waals surface area (Å²) in [6.07, 6.45) is 2.78. The molecule has 7 heteroatoms. The molecule has 130 valence electrons. The number of rotatable bonds is 8. The second-order valence-corrected chi connectivity index (χ2v) is 5.77. The summed E-state index contributed by atoms with van der Waals surface area (Å²) in [5.41, 5.74) is -0.0358. The smallest absolute Gasteiger partial charge is 0.271 e. The molecule has 0 radical (unpaired) electrons. The molecule has 2 atom stereocenters. The molecule has 0 saturated carbocycles. The molecule has 2 N–H and O–H groups in total. The Balaban J connectivity index is 1.97. The van der Waals surface area contributed by atoms with Gasteiger partial charge < -0.3 is 14.8 Å². The standard InChI is InChI=1S/C17H23N3O4/c1-3-4-9-20-16(22)8-7-13(19-20)17(23)18-12(2)11-14(21)15-6-5-10-24-15/h5-8,10,12,14,21H,3-4,9,11H2,1-2H3,(H,18,23). The van der Waals surface area contributed by atoms with Crippen molar-refractivity contribution in [3.63, 3.8) is 0 Å². The van der Waals surface area contributed by atoms with Crippen LogP contribution in [0.1, 0.15) is 55.5 Å². The zero-order chi connectivity index (χ0) is 17.5. The fraction of sp³-hybridized carbons (Fsp3) is 0.471. The third-order valence-corrected chi connectivity index (χ3v) is 3.65. The number of nitrogens with one attached hydrogen (secondary N) is 1. The van der Waals surface area contributed by atoms with Crippen LogP contribution >= 0.6 is 0 Å². The van der Waals surface area contributed by atoms with E-state index in [-0.39, 0.29) is 23.2 Å². The van der Waals surface area contributed by atoms with Gasteiger partial charge in [0.25, 0.3) is 11.5 Å². The summed E-state index contributed by atoms with van der Waals surface area (Å²) >= 11 is 0. The first-order chi connectivity index (χ1) is 11.5. The van der Waals surface area contributed by atoms with Gasteiger partial charge in [-0.15, -0.1) is 0 Å². The number of aromatic nitrogens is 2. The van der Waals surface area contributed by atoms with E-state index >= 15 is 0 Å². The maximum atomic E-state index is 12.3. The number of amides is 1. The van der Waals surface area contributed by atoms with E-state index in [0.717, 1.165) is 12.8 Å². The van der Waals surface area contributed by atoms with Crippen molar-refractivity contribution in [2.45, 2.75) is 51.8 Å². The minimum absolute atomic E-state index is 0.185. The molecular formula is C17H23N3O4. The van der Waals surface area contributed by atoms with E-state index in [1.54, 1.807) is 19.1 Å². The third-order valence-electron chi connectivity index (χ3n) is 3.65. The lowest BCUT2D eigenvalue weighted by Gasteiger charge is -2.16. The average molecular weight is 333 g/mol. The Hall–Kier alpha value is -2.41. The summed E-state index contributed by atoms with van der Waals surface area (Å²) in [5.74, 6) is 0.0849. The Labute approximate surface area is 140 Å². The lowest BCUT2D eigenvalue weighted by atomic mass is 10.1. The molecule has 2 aromatic rings. The van der Waals surface area contributed by atoms with Crippen LogP contribution in [0.4, 0.5) is 0 Å². The number of carbonyl (C=O) groups is 1. The SMILES string of the molecule is CCCCn1nc(C(=O)NC(C)CC(O)c2ccco2)ccc1=O. The van der Waals surface area contributed by atoms with Crippen LogP contribution in [0.15, 0.2) is 39.7 Å². The molecule has 0 bridgehead atoms. The summed E-state index contributed by atoms with van der Waals surface area (Å²) in [7, 11) is 0. The van der Waals surface area contributed by atoms with Crippen molar-refractivity contribution in [3.05, 3.63) is 52.3 Å². The highest BCUT2D eigenvalue weighted by Gasteiger charge is 2.18. The van der Waals surface area contributed by atoms with Crippen LogP contribution in [0.5, 0.6) is 0 Å². The van der Waals surface area contributed by atoms with Gasteiger partial charge in [-0.1, -0.05) is 13.3 Å². The number of unbranched alkanes of at least 4 members (excludes halogenated alkanes) is 1. The zero-order valence-corrected chi connectivity index (χ0v) is 13.9. The molecule has 0 spiro atoms. The molecule has 2 aromatic heterocycles. The fourth-order valence-electron chi connectivity index (χ4n) is 2.33. The van der Waals surface area contributed by atoms with Crippen LogP contribution < -0.4 is 10.9 Å². The fourth-order valence-corrected chi connectivity index (χ4v) is 2.33. The molecule has 2 rings (SSSR count). The molecule has 2 unspecified atom stereocenters. The molecule has 2 heterocycles. The van der Waals surface area contributed by atoms with E-state index in [9.17, 15) is 14.7 Å².